The van der Waals surface area contributed by atoms with Crippen LogP contribution in [0, 0.1) is 0 Å². The van der Waals surface area contributed by atoms with Crippen LogP contribution in [0.3, 0.4) is 0 Å². The Morgan fingerprint density at radius 3 is 2.38 bits per heavy atom. The number of pyridine rings is 1. The van der Waals surface area contributed by atoms with E-state index in [1.54, 1.807) is 24.8 Å². The molecule has 2 aromatic heterocycles. The lowest BCUT2D eigenvalue weighted by molar-refractivity contribution is 0.990. The molecule has 0 unspecified atom stereocenters. The third-order valence-electron chi connectivity index (χ3n) is 2.09. The normalized spacial score (nSPS) is 10.1. The molecular formula is C11H13N5. The fourth-order valence-corrected chi connectivity index (χ4v) is 1.30. The standard InChI is InChI=1S/C11H13N5/c12-3-6-14-11-15-7-10(8-16-11)9-1-4-13-5-2-9/h1-2,4-5,7-8H,3,6,12H2,(H,14,15,16). The SMILES string of the molecule is NCCNc1ncc(-c2ccncc2)cn1. The summed E-state index contributed by atoms with van der Waals surface area (Å²) >= 11 is 0. The minimum atomic E-state index is 0.565. The minimum Gasteiger partial charge on any atom is -0.353 e. The number of rotatable bonds is 4. The van der Waals surface area contributed by atoms with Gasteiger partial charge >= 0.3 is 0 Å². The van der Waals surface area contributed by atoms with Crippen LogP contribution in [-0.2, 0) is 0 Å². The summed E-state index contributed by atoms with van der Waals surface area (Å²) in [6.07, 6.45) is 7.05. The highest BCUT2D eigenvalue weighted by molar-refractivity contribution is 5.61. The van der Waals surface area contributed by atoms with Gasteiger partial charge in [-0.2, -0.15) is 0 Å². The number of nitrogens with zero attached hydrogens (tertiary/aromatic N) is 3. The van der Waals surface area contributed by atoms with E-state index < -0.39 is 0 Å². The van der Waals surface area contributed by atoms with Crippen LogP contribution in [0.15, 0.2) is 36.9 Å². The summed E-state index contributed by atoms with van der Waals surface area (Å²) < 4.78 is 0. The van der Waals surface area contributed by atoms with Crippen LogP contribution in [0.5, 0.6) is 0 Å². The third-order valence-corrected chi connectivity index (χ3v) is 2.09. The second-order valence-corrected chi connectivity index (χ2v) is 3.25. The van der Waals surface area contributed by atoms with Crippen LogP contribution >= 0.6 is 0 Å². The topological polar surface area (TPSA) is 76.7 Å². The molecule has 2 aromatic rings. The van der Waals surface area contributed by atoms with E-state index in [0.29, 0.717) is 19.0 Å². The maximum absolute atomic E-state index is 5.37. The molecule has 5 nitrogen and oxygen atoms in total. The summed E-state index contributed by atoms with van der Waals surface area (Å²) in [5.41, 5.74) is 7.40. The van der Waals surface area contributed by atoms with Gasteiger partial charge in [0.25, 0.3) is 0 Å². The molecule has 0 spiro atoms. The smallest absolute Gasteiger partial charge is 0.222 e. The van der Waals surface area contributed by atoms with Crippen molar-refractivity contribution in [1.82, 2.24) is 15.0 Å². The Hall–Kier alpha value is -2.01. The molecule has 3 N–H and O–H groups in total. The Kier molecular flexibility index (Phi) is 3.40. The van der Waals surface area contributed by atoms with Crippen LogP contribution in [0.1, 0.15) is 0 Å². The minimum absolute atomic E-state index is 0.565. The average molecular weight is 215 g/mol. The van der Waals surface area contributed by atoms with Gasteiger partial charge in [-0.25, -0.2) is 9.97 Å². The van der Waals surface area contributed by atoms with Crippen molar-refractivity contribution in [2.24, 2.45) is 5.73 Å². The van der Waals surface area contributed by atoms with Crippen molar-refractivity contribution in [3.63, 3.8) is 0 Å². The maximum Gasteiger partial charge on any atom is 0.222 e. The Balaban J connectivity index is 2.13. The van der Waals surface area contributed by atoms with Crippen LogP contribution < -0.4 is 11.1 Å². The van der Waals surface area contributed by atoms with E-state index in [2.05, 4.69) is 20.3 Å². The highest BCUT2D eigenvalue weighted by Crippen LogP contribution is 2.16. The largest absolute Gasteiger partial charge is 0.353 e. The second-order valence-electron chi connectivity index (χ2n) is 3.25. The molecule has 0 saturated heterocycles. The summed E-state index contributed by atoms with van der Waals surface area (Å²) in [5, 5.41) is 3.01. The molecule has 0 amide bonds. The first kappa shape index (κ1) is 10.5. The van der Waals surface area contributed by atoms with Gasteiger partial charge in [0.05, 0.1) is 0 Å². The van der Waals surface area contributed by atoms with E-state index in [0.717, 1.165) is 11.1 Å². The Labute approximate surface area is 93.8 Å². The number of nitrogens with one attached hydrogen (secondary N) is 1. The highest BCUT2D eigenvalue weighted by atomic mass is 15.1. The number of aromatic nitrogens is 3. The molecular weight excluding hydrogens is 202 g/mol. The van der Waals surface area contributed by atoms with Crippen LogP contribution in [0.2, 0.25) is 0 Å². The van der Waals surface area contributed by atoms with E-state index >= 15 is 0 Å². The molecule has 0 aliphatic rings. The predicted octanol–water partition coefficient (Wildman–Crippen LogP) is 0.909. The molecule has 2 heterocycles. The Morgan fingerprint density at radius 1 is 1.06 bits per heavy atom. The summed E-state index contributed by atoms with van der Waals surface area (Å²) in [7, 11) is 0. The monoisotopic (exact) mass is 215 g/mol. The number of hydrogen-bond acceptors (Lipinski definition) is 5. The van der Waals surface area contributed by atoms with Crippen molar-refractivity contribution in [2.75, 3.05) is 18.4 Å². The van der Waals surface area contributed by atoms with Gasteiger partial charge in [0.2, 0.25) is 5.95 Å². The maximum atomic E-state index is 5.37. The van der Waals surface area contributed by atoms with Gasteiger partial charge in [-0.05, 0) is 17.7 Å². The van der Waals surface area contributed by atoms with Crippen molar-refractivity contribution >= 4 is 5.95 Å². The molecule has 16 heavy (non-hydrogen) atoms. The molecule has 2 rings (SSSR count). The van der Waals surface area contributed by atoms with Gasteiger partial charge in [0, 0.05) is 43.4 Å². The molecule has 0 fully saturated rings. The van der Waals surface area contributed by atoms with Crippen LogP contribution in [-0.4, -0.2) is 28.0 Å². The van der Waals surface area contributed by atoms with Crippen molar-refractivity contribution in [2.45, 2.75) is 0 Å². The fraction of sp³-hybridized carbons (Fsp3) is 0.182. The summed E-state index contributed by atoms with van der Waals surface area (Å²) in [6.45, 7) is 1.24. The quantitative estimate of drug-likeness (QED) is 0.792. The number of nitrogens with two attached hydrogens (primary N) is 1. The molecule has 0 aromatic carbocycles. The van der Waals surface area contributed by atoms with E-state index in [9.17, 15) is 0 Å². The lowest BCUT2D eigenvalue weighted by atomic mass is 10.1. The van der Waals surface area contributed by atoms with Crippen LogP contribution in [0.25, 0.3) is 11.1 Å². The third kappa shape index (κ3) is 2.52. The van der Waals surface area contributed by atoms with Gasteiger partial charge in [-0.3, -0.25) is 4.98 Å². The zero-order valence-electron chi connectivity index (χ0n) is 8.80. The predicted molar refractivity (Wildman–Crippen MR) is 62.8 cm³/mol. The van der Waals surface area contributed by atoms with Gasteiger partial charge in [-0.1, -0.05) is 0 Å². The van der Waals surface area contributed by atoms with E-state index in [1.165, 1.54) is 0 Å². The van der Waals surface area contributed by atoms with Crippen molar-refractivity contribution < 1.29 is 0 Å². The fourth-order valence-electron chi connectivity index (χ4n) is 1.30. The van der Waals surface area contributed by atoms with E-state index in [-0.39, 0.29) is 0 Å². The molecule has 0 aliphatic carbocycles. The first-order valence-electron chi connectivity index (χ1n) is 5.06. The van der Waals surface area contributed by atoms with Crippen molar-refractivity contribution in [3.8, 4) is 11.1 Å². The van der Waals surface area contributed by atoms with Crippen molar-refractivity contribution in [3.05, 3.63) is 36.9 Å². The molecule has 5 heteroatoms. The van der Waals surface area contributed by atoms with E-state index in [1.807, 2.05) is 12.1 Å². The Bertz CT molecular complexity index is 426. The number of anilines is 1. The summed E-state index contributed by atoms with van der Waals surface area (Å²) in [4.78, 5) is 12.4. The zero-order valence-corrected chi connectivity index (χ0v) is 8.80. The molecule has 82 valence electrons. The highest BCUT2D eigenvalue weighted by Gasteiger charge is 1.98. The Morgan fingerprint density at radius 2 is 1.75 bits per heavy atom. The molecule has 0 bridgehead atoms. The van der Waals surface area contributed by atoms with E-state index in [4.69, 9.17) is 5.73 Å². The van der Waals surface area contributed by atoms with Gasteiger partial charge in [0.1, 0.15) is 0 Å². The van der Waals surface area contributed by atoms with Crippen molar-refractivity contribution in [1.29, 1.82) is 0 Å². The zero-order chi connectivity index (χ0) is 11.2. The van der Waals surface area contributed by atoms with Crippen LogP contribution in [0.4, 0.5) is 5.95 Å². The first-order valence-corrected chi connectivity index (χ1v) is 5.06. The average Bonchev–Trinajstić information content (AvgIpc) is 2.38. The summed E-state index contributed by atoms with van der Waals surface area (Å²) in [5.74, 6) is 0.600. The molecule has 0 radical (unpaired) electrons. The van der Waals surface area contributed by atoms with Gasteiger partial charge in [-0.15, -0.1) is 0 Å². The lowest BCUT2D eigenvalue weighted by Crippen LogP contribution is -2.14. The molecule has 0 atom stereocenters. The van der Waals surface area contributed by atoms with Gasteiger partial charge in [0.15, 0.2) is 0 Å². The number of hydrogen-bond donors (Lipinski definition) is 2. The first-order chi connectivity index (χ1) is 7.90. The summed E-state index contributed by atoms with van der Waals surface area (Å²) in [6, 6.07) is 3.84. The second kappa shape index (κ2) is 5.18. The molecule has 0 saturated carbocycles. The lowest BCUT2D eigenvalue weighted by Gasteiger charge is -2.03. The van der Waals surface area contributed by atoms with Gasteiger partial charge < -0.3 is 11.1 Å². The molecule has 0 aliphatic heterocycles.